The van der Waals surface area contributed by atoms with Gasteiger partial charge in [-0.05, 0) is 30.6 Å². The van der Waals surface area contributed by atoms with Gasteiger partial charge in [-0.15, -0.1) is 0 Å². The Morgan fingerprint density at radius 1 is 1.25 bits per heavy atom. The lowest BCUT2D eigenvalue weighted by Gasteiger charge is -2.47. The fraction of sp³-hybridized carbons (Fsp3) is 0.929. The van der Waals surface area contributed by atoms with Crippen molar-refractivity contribution in [1.29, 1.82) is 0 Å². The minimum atomic E-state index is -2.87. The molecule has 1 aliphatic heterocycles. The van der Waals surface area contributed by atoms with E-state index in [1.807, 2.05) is 13.8 Å². The second kappa shape index (κ2) is 5.30. The molecule has 2 rings (SSSR count). The summed E-state index contributed by atoms with van der Waals surface area (Å²) in [5.74, 6) is -0.335. The van der Waals surface area contributed by atoms with Gasteiger partial charge in [0.25, 0.3) is 0 Å². The van der Waals surface area contributed by atoms with Crippen molar-refractivity contribution in [2.75, 3.05) is 11.5 Å². The van der Waals surface area contributed by atoms with Gasteiger partial charge in [-0.25, -0.2) is 8.42 Å². The zero-order valence-electron chi connectivity index (χ0n) is 12.4. The summed E-state index contributed by atoms with van der Waals surface area (Å²) in [6.45, 7) is 6.10. The molecule has 0 amide bonds. The van der Waals surface area contributed by atoms with E-state index in [0.29, 0.717) is 12.8 Å². The molecule has 4 unspecified atom stereocenters. The van der Waals surface area contributed by atoms with Crippen LogP contribution in [0.25, 0.3) is 0 Å². The summed E-state index contributed by atoms with van der Waals surface area (Å²) in [6, 6.07) is 0.239. The number of hydrogen-bond donors (Lipinski definition) is 2. The van der Waals surface area contributed by atoms with Crippen LogP contribution in [0.15, 0.2) is 0 Å². The second-order valence-electron chi connectivity index (χ2n) is 6.95. The topological polar surface area (TPSA) is 83.5 Å². The Morgan fingerprint density at radius 2 is 1.90 bits per heavy atom. The lowest BCUT2D eigenvalue weighted by Crippen LogP contribution is -2.53. The average Bonchev–Trinajstić information content (AvgIpc) is 2.64. The van der Waals surface area contributed by atoms with E-state index in [-0.39, 0.29) is 40.8 Å². The average molecular weight is 303 g/mol. The maximum absolute atomic E-state index is 11.5. The number of nitrogens with one attached hydrogen (secondary N) is 1. The quantitative estimate of drug-likeness (QED) is 0.821. The SMILES string of the molecule is CC1C(NC2CCS(=O)(=O)C2)CCC(C(=O)O)C1(C)C. The molecule has 0 spiro atoms. The zero-order valence-corrected chi connectivity index (χ0v) is 13.2. The van der Waals surface area contributed by atoms with E-state index in [2.05, 4.69) is 12.2 Å². The van der Waals surface area contributed by atoms with Gasteiger partial charge in [0.15, 0.2) is 9.84 Å². The summed E-state index contributed by atoms with van der Waals surface area (Å²) in [7, 11) is -2.87. The Bertz CT molecular complexity index is 485. The van der Waals surface area contributed by atoms with Crippen LogP contribution in [0, 0.1) is 17.3 Å². The number of rotatable bonds is 3. The third-order valence-corrected chi connectivity index (χ3v) is 7.19. The molecule has 20 heavy (non-hydrogen) atoms. The summed E-state index contributed by atoms with van der Waals surface area (Å²) in [5, 5.41) is 12.8. The van der Waals surface area contributed by atoms with Crippen LogP contribution in [-0.4, -0.2) is 43.1 Å². The summed E-state index contributed by atoms with van der Waals surface area (Å²) in [6.07, 6.45) is 2.14. The predicted octanol–water partition coefficient (Wildman–Crippen LogP) is 1.29. The Balaban J connectivity index is 2.03. The van der Waals surface area contributed by atoms with Gasteiger partial charge in [0, 0.05) is 12.1 Å². The van der Waals surface area contributed by atoms with Crippen LogP contribution in [0.4, 0.5) is 0 Å². The Morgan fingerprint density at radius 3 is 2.40 bits per heavy atom. The van der Waals surface area contributed by atoms with E-state index in [9.17, 15) is 18.3 Å². The highest BCUT2D eigenvalue weighted by molar-refractivity contribution is 7.91. The van der Waals surface area contributed by atoms with Crippen LogP contribution in [0.5, 0.6) is 0 Å². The van der Waals surface area contributed by atoms with Crippen LogP contribution in [0.1, 0.15) is 40.0 Å². The molecule has 0 aromatic carbocycles. The highest BCUT2D eigenvalue weighted by atomic mass is 32.2. The highest BCUT2D eigenvalue weighted by Crippen LogP contribution is 2.45. The highest BCUT2D eigenvalue weighted by Gasteiger charge is 2.47. The van der Waals surface area contributed by atoms with Crippen molar-refractivity contribution in [2.24, 2.45) is 17.3 Å². The molecular weight excluding hydrogens is 278 g/mol. The third kappa shape index (κ3) is 3.01. The third-order valence-electron chi connectivity index (χ3n) is 5.42. The minimum absolute atomic E-state index is 0.0321. The molecule has 116 valence electrons. The molecule has 0 radical (unpaired) electrons. The molecule has 2 aliphatic rings. The van der Waals surface area contributed by atoms with Gasteiger partial charge in [0.1, 0.15) is 0 Å². The molecule has 6 heteroatoms. The largest absolute Gasteiger partial charge is 0.481 e. The predicted molar refractivity (Wildman–Crippen MR) is 77.3 cm³/mol. The lowest BCUT2D eigenvalue weighted by atomic mass is 9.61. The normalized spacial score (nSPS) is 39.5. The van der Waals surface area contributed by atoms with Gasteiger partial charge < -0.3 is 10.4 Å². The van der Waals surface area contributed by atoms with Crippen LogP contribution in [0.3, 0.4) is 0 Å². The van der Waals surface area contributed by atoms with Crippen molar-refractivity contribution in [3.63, 3.8) is 0 Å². The number of sulfone groups is 1. The first-order chi connectivity index (χ1) is 9.13. The van der Waals surface area contributed by atoms with Crippen molar-refractivity contribution in [2.45, 2.75) is 52.1 Å². The van der Waals surface area contributed by atoms with Crippen molar-refractivity contribution >= 4 is 15.8 Å². The molecular formula is C14H25NO4S. The van der Waals surface area contributed by atoms with E-state index in [4.69, 9.17) is 0 Å². The molecule has 0 aromatic heterocycles. The standard InChI is InChI=1S/C14H25NO4S/c1-9-12(15-10-6-7-20(18,19)8-10)5-4-11(13(16)17)14(9,2)3/h9-12,15H,4-8H2,1-3H3,(H,16,17). The maximum Gasteiger partial charge on any atom is 0.307 e. The molecule has 1 aliphatic carbocycles. The first kappa shape index (κ1) is 15.8. The molecule has 0 aromatic rings. The van der Waals surface area contributed by atoms with E-state index in [1.54, 1.807) is 0 Å². The monoisotopic (exact) mass is 303 g/mol. The second-order valence-corrected chi connectivity index (χ2v) is 9.18. The molecule has 0 bridgehead atoms. The molecule has 5 nitrogen and oxygen atoms in total. The lowest BCUT2D eigenvalue weighted by molar-refractivity contribution is -0.150. The minimum Gasteiger partial charge on any atom is -0.481 e. The first-order valence-electron chi connectivity index (χ1n) is 7.33. The first-order valence-corrected chi connectivity index (χ1v) is 9.15. The van der Waals surface area contributed by atoms with Crippen LogP contribution in [0.2, 0.25) is 0 Å². The van der Waals surface area contributed by atoms with Crippen LogP contribution >= 0.6 is 0 Å². The maximum atomic E-state index is 11.5. The van der Waals surface area contributed by atoms with Crippen molar-refractivity contribution in [3.8, 4) is 0 Å². The van der Waals surface area contributed by atoms with Crippen molar-refractivity contribution < 1.29 is 18.3 Å². The number of carboxylic acids is 1. The molecule has 2 N–H and O–H groups in total. The fourth-order valence-corrected chi connectivity index (χ4v) is 5.39. The van der Waals surface area contributed by atoms with Crippen molar-refractivity contribution in [1.82, 2.24) is 5.32 Å². The Kier molecular flexibility index (Phi) is 4.17. The molecule has 1 saturated carbocycles. The van der Waals surface area contributed by atoms with Gasteiger partial charge in [-0.2, -0.15) is 0 Å². The van der Waals surface area contributed by atoms with E-state index >= 15 is 0 Å². The number of carbonyl (C=O) groups is 1. The summed E-state index contributed by atoms with van der Waals surface area (Å²) in [5.41, 5.74) is -0.279. The molecule has 4 atom stereocenters. The summed E-state index contributed by atoms with van der Waals surface area (Å²) < 4.78 is 23.0. The summed E-state index contributed by atoms with van der Waals surface area (Å²) >= 11 is 0. The van der Waals surface area contributed by atoms with Gasteiger partial charge in [-0.3, -0.25) is 4.79 Å². The van der Waals surface area contributed by atoms with E-state index < -0.39 is 15.8 Å². The zero-order chi connectivity index (χ0) is 15.1. The van der Waals surface area contributed by atoms with Gasteiger partial charge in [-0.1, -0.05) is 20.8 Å². The van der Waals surface area contributed by atoms with Crippen molar-refractivity contribution in [3.05, 3.63) is 0 Å². The molecule has 1 heterocycles. The summed E-state index contributed by atoms with van der Waals surface area (Å²) in [4.78, 5) is 11.4. The Hall–Kier alpha value is -0.620. The van der Waals surface area contributed by atoms with E-state index in [1.165, 1.54) is 0 Å². The van der Waals surface area contributed by atoms with Crippen LogP contribution in [-0.2, 0) is 14.6 Å². The fourth-order valence-electron chi connectivity index (χ4n) is 3.70. The van der Waals surface area contributed by atoms with Crippen LogP contribution < -0.4 is 5.32 Å². The number of hydrogen-bond acceptors (Lipinski definition) is 4. The molecule has 1 saturated heterocycles. The number of aliphatic carboxylic acids is 1. The van der Waals surface area contributed by atoms with Gasteiger partial charge in [0.2, 0.25) is 0 Å². The number of carboxylic acid groups (broad SMARTS) is 1. The van der Waals surface area contributed by atoms with Gasteiger partial charge >= 0.3 is 5.97 Å². The van der Waals surface area contributed by atoms with E-state index in [0.717, 1.165) is 6.42 Å². The smallest absolute Gasteiger partial charge is 0.307 e. The molecule has 2 fully saturated rings. The Labute approximate surface area is 121 Å². The van der Waals surface area contributed by atoms with Gasteiger partial charge in [0.05, 0.1) is 17.4 Å².